The first kappa shape index (κ1) is 28.8. The van der Waals surface area contributed by atoms with Gasteiger partial charge in [-0.1, -0.05) is 60.7 Å². The number of carboxylic acid groups (broad SMARTS) is 1. The quantitative estimate of drug-likeness (QED) is 0.184. The van der Waals surface area contributed by atoms with E-state index in [0.29, 0.717) is 17.7 Å². The number of β-lactam (4-membered cyclic amide) rings is 1. The van der Waals surface area contributed by atoms with Crippen LogP contribution >= 0.6 is 11.8 Å². The molecule has 5 rings (SSSR count). The van der Waals surface area contributed by atoms with E-state index >= 15 is 0 Å². The van der Waals surface area contributed by atoms with Crippen LogP contribution in [0.4, 0.5) is 5.69 Å². The number of amides is 2. The fourth-order valence-corrected chi connectivity index (χ4v) is 6.45. The second kappa shape index (κ2) is 12.9. The molecular weight excluding hydrogens is 562 g/mol. The van der Waals surface area contributed by atoms with E-state index in [-0.39, 0.29) is 31.2 Å². The summed E-state index contributed by atoms with van der Waals surface area (Å²) in [5, 5.41) is 22.9. The van der Waals surface area contributed by atoms with Crippen molar-refractivity contribution in [2.45, 2.75) is 29.7 Å². The molecule has 0 bridgehead atoms. The van der Waals surface area contributed by atoms with E-state index in [1.54, 1.807) is 36.4 Å². The third-order valence-corrected chi connectivity index (χ3v) is 8.39. The number of nitrogens with zero attached hydrogens (tertiary/aromatic N) is 2. The van der Waals surface area contributed by atoms with E-state index in [4.69, 9.17) is 9.47 Å². The fourth-order valence-electron chi connectivity index (χ4n) is 4.81. The zero-order valence-corrected chi connectivity index (χ0v) is 23.1. The molecule has 2 heterocycles. The highest BCUT2D eigenvalue weighted by atomic mass is 32.2. The lowest BCUT2D eigenvalue weighted by molar-refractivity contribution is -0.384. The van der Waals surface area contributed by atoms with Gasteiger partial charge in [-0.25, -0.2) is 4.79 Å². The number of hydrogen-bond donors (Lipinski definition) is 2. The van der Waals surface area contributed by atoms with Gasteiger partial charge in [0.1, 0.15) is 22.9 Å². The summed E-state index contributed by atoms with van der Waals surface area (Å²) >= 11 is 1.34. The van der Waals surface area contributed by atoms with E-state index in [2.05, 4.69) is 5.32 Å². The smallest absolute Gasteiger partial charge is 0.352 e. The van der Waals surface area contributed by atoms with Crippen molar-refractivity contribution >= 4 is 35.2 Å². The van der Waals surface area contributed by atoms with Crippen molar-refractivity contribution in [2.24, 2.45) is 0 Å². The average Bonchev–Trinajstić information content (AvgIpc) is 3.00. The maximum atomic E-state index is 13.2. The number of nitrogens with one attached hydrogen (secondary N) is 1. The van der Waals surface area contributed by atoms with Crippen molar-refractivity contribution in [2.75, 3.05) is 13.2 Å². The van der Waals surface area contributed by atoms with Gasteiger partial charge in [-0.05, 0) is 29.7 Å². The molecule has 3 aromatic carbocycles. The highest BCUT2D eigenvalue weighted by Gasteiger charge is 2.56. The Labute approximate surface area is 245 Å². The van der Waals surface area contributed by atoms with Crippen molar-refractivity contribution in [3.63, 3.8) is 0 Å². The van der Waals surface area contributed by atoms with Gasteiger partial charge in [0.25, 0.3) is 17.5 Å². The summed E-state index contributed by atoms with van der Waals surface area (Å²) in [5.41, 5.74) is 1.85. The molecule has 0 spiro atoms. The van der Waals surface area contributed by atoms with Gasteiger partial charge in [-0.3, -0.25) is 24.6 Å². The second-order valence-corrected chi connectivity index (χ2v) is 11.0. The molecular formula is C30H27N3O8S. The minimum Gasteiger partial charge on any atom is -0.484 e. The van der Waals surface area contributed by atoms with Gasteiger partial charge in [0.2, 0.25) is 0 Å². The fraction of sp³-hybridized carbons (Fsp3) is 0.233. The lowest BCUT2D eigenvalue weighted by atomic mass is 9.97. The molecule has 11 nitrogen and oxygen atoms in total. The number of nitro groups is 1. The largest absolute Gasteiger partial charge is 0.484 e. The Morgan fingerprint density at radius 1 is 0.952 bits per heavy atom. The molecule has 0 radical (unpaired) electrons. The van der Waals surface area contributed by atoms with Gasteiger partial charge >= 0.3 is 5.97 Å². The van der Waals surface area contributed by atoms with Crippen LogP contribution in [0.5, 0.6) is 5.75 Å². The molecule has 12 heteroatoms. The van der Waals surface area contributed by atoms with Gasteiger partial charge in [0, 0.05) is 23.0 Å². The summed E-state index contributed by atoms with van der Waals surface area (Å²) in [6.45, 7) is -0.110. The number of rotatable bonds is 12. The normalized spacial score (nSPS) is 19.5. The number of nitro benzene ring substituents is 1. The average molecular weight is 590 g/mol. The van der Waals surface area contributed by atoms with E-state index in [1.807, 2.05) is 36.4 Å². The number of carbonyl (C=O) groups is 3. The number of non-ortho nitro benzene ring substituents is 1. The third kappa shape index (κ3) is 6.45. The van der Waals surface area contributed by atoms with Crippen molar-refractivity contribution in [1.29, 1.82) is 0 Å². The monoisotopic (exact) mass is 589 g/mol. The van der Waals surface area contributed by atoms with Crippen molar-refractivity contribution in [3.05, 3.63) is 117 Å². The summed E-state index contributed by atoms with van der Waals surface area (Å²) in [5.74, 6) is -1.83. The van der Waals surface area contributed by atoms with Crippen LogP contribution in [0.15, 0.2) is 96.2 Å². The number of aliphatic carboxylic acids is 1. The van der Waals surface area contributed by atoms with Crippen molar-refractivity contribution in [1.82, 2.24) is 10.2 Å². The van der Waals surface area contributed by atoms with E-state index in [1.165, 1.54) is 28.8 Å². The van der Waals surface area contributed by atoms with Crippen molar-refractivity contribution < 1.29 is 33.9 Å². The van der Waals surface area contributed by atoms with Gasteiger partial charge in [-0.15, -0.1) is 11.8 Å². The zero-order chi connectivity index (χ0) is 29.6. The van der Waals surface area contributed by atoms with Gasteiger partial charge in [0.15, 0.2) is 6.61 Å². The number of thioether (sulfide) groups is 1. The lowest BCUT2D eigenvalue weighted by Gasteiger charge is -2.51. The Bertz CT molecular complexity index is 1500. The molecule has 1 unspecified atom stereocenters. The molecule has 2 aliphatic rings. The van der Waals surface area contributed by atoms with E-state index < -0.39 is 39.4 Å². The Morgan fingerprint density at radius 3 is 2.26 bits per heavy atom. The Hall–Kier alpha value is -4.68. The third-order valence-electron chi connectivity index (χ3n) is 6.85. The SMILES string of the molecule is O=C(COc1ccccc1)N[C@@H]1C(=O)N2C(C(=O)O)=C(COCc3ccccc3)C(Cc3ccc([N+](=O)[O-])cc3)S[C@H]12. The predicted octanol–water partition coefficient (Wildman–Crippen LogP) is 3.54. The summed E-state index contributed by atoms with van der Waals surface area (Å²) in [4.78, 5) is 50.2. The van der Waals surface area contributed by atoms with E-state index in [9.17, 15) is 29.6 Å². The van der Waals surface area contributed by atoms with Crippen LogP contribution in [-0.2, 0) is 32.1 Å². The molecule has 42 heavy (non-hydrogen) atoms. The van der Waals surface area contributed by atoms with Gasteiger partial charge in [-0.2, -0.15) is 0 Å². The first-order valence-electron chi connectivity index (χ1n) is 13.1. The Kier molecular flexibility index (Phi) is 8.84. The molecule has 1 saturated heterocycles. The van der Waals surface area contributed by atoms with Crippen molar-refractivity contribution in [3.8, 4) is 5.75 Å². The number of ether oxygens (including phenoxy) is 2. The highest BCUT2D eigenvalue weighted by molar-refractivity contribution is 8.00. The lowest BCUT2D eigenvalue weighted by Crippen LogP contribution is -2.71. The molecule has 0 aliphatic carbocycles. The maximum absolute atomic E-state index is 13.2. The summed E-state index contributed by atoms with van der Waals surface area (Å²) in [6.07, 6.45) is 0.333. The topological polar surface area (TPSA) is 148 Å². The van der Waals surface area contributed by atoms with Crippen LogP contribution in [0.2, 0.25) is 0 Å². The molecule has 1 fully saturated rings. The number of hydrogen-bond acceptors (Lipinski definition) is 8. The maximum Gasteiger partial charge on any atom is 0.352 e. The summed E-state index contributed by atoms with van der Waals surface area (Å²) in [6, 6.07) is 23.3. The van der Waals surface area contributed by atoms with Crippen LogP contribution < -0.4 is 10.1 Å². The van der Waals surface area contributed by atoms with Gasteiger partial charge in [0.05, 0.1) is 18.1 Å². The van der Waals surface area contributed by atoms with E-state index in [0.717, 1.165) is 11.1 Å². The first-order valence-corrected chi connectivity index (χ1v) is 14.0. The number of para-hydroxylation sites is 1. The second-order valence-electron chi connectivity index (χ2n) is 9.66. The number of carbonyl (C=O) groups excluding carboxylic acids is 2. The highest BCUT2D eigenvalue weighted by Crippen LogP contribution is 2.45. The standard InChI is InChI=1S/C30H27N3O8S/c34-25(18-41-22-9-5-2-6-10-22)31-26-28(35)32-27(30(36)37)23(17-40-16-20-7-3-1-4-8-20)24(42-29(26)32)15-19-11-13-21(14-12-19)33(38)39/h1-14,24,26,29H,15-18H2,(H,31,34)(H,36,37)/t24?,26-,29-/m1/s1. The number of benzene rings is 3. The molecule has 0 aromatic heterocycles. The minimum absolute atomic E-state index is 0.0420. The zero-order valence-electron chi connectivity index (χ0n) is 22.3. The molecule has 2 aliphatic heterocycles. The Balaban J connectivity index is 1.36. The molecule has 3 atom stereocenters. The van der Waals surface area contributed by atoms with Crippen LogP contribution in [0.25, 0.3) is 0 Å². The van der Waals surface area contributed by atoms with Crippen LogP contribution in [0.1, 0.15) is 11.1 Å². The van der Waals surface area contributed by atoms with Crippen LogP contribution in [0.3, 0.4) is 0 Å². The molecule has 3 aromatic rings. The van der Waals surface area contributed by atoms with Crippen LogP contribution in [0, 0.1) is 10.1 Å². The van der Waals surface area contributed by atoms with Gasteiger partial charge < -0.3 is 19.9 Å². The summed E-state index contributed by atoms with van der Waals surface area (Å²) < 4.78 is 11.4. The number of fused-ring (bicyclic) bond motifs is 1. The Morgan fingerprint density at radius 2 is 1.62 bits per heavy atom. The number of carboxylic acids is 1. The predicted molar refractivity (Wildman–Crippen MR) is 153 cm³/mol. The molecule has 2 N–H and O–H groups in total. The molecule has 216 valence electrons. The minimum atomic E-state index is -1.28. The first-order chi connectivity index (χ1) is 20.3. The van der Waals surface area contributed by atoms with Crippen LogP contribution in [-0.4, -0.2) is 62.6 Å². The molecule has 2 amide bonds. The summed E-state index contributed by atoms with van der Waals surface area (Å²) in [7, 11) is 0. The molecule has 0 saturated carbocycles.